The molecule has 0 bridgehead atoms. The van der Waals surface area contributed by atoms with Gasteiger partial charge in [0.1, 0.15) is 0 Å². The average molecular weight is 315 g/mol. The van der Waals surface area contributed by atoms with Crippen molar-refractivity contribution in [1.82, 2.24) is 9.80 Å². The number of anilines is 1. The Hall–Kier alpha value is -1.88. The summed E-state index contributed by atoms with van der Waals surface area (Å²) in [4.78, 5) is 30.9. The fourth-order valence-electron chi connectivity index (χ4n) is 3.56. The largest absolute Gasteiger partial charge is 0.369 e. The fraction of sp³-hybridized carbons (Fsp3) is 0.556. The summed E-state index contributed by atoms with van der Waals surface area (Å²) in [5.41, 5.74) is 1.94. The van der Waals surface area contributed by atoms with Crippen molar-refractivity contribution in [2.75, 3.05) is 44.7 Å². The topological polar surface area (TPSA) is 43.9 Å². The second kappa shape index (κ2) is 5.64. The summed E-state index contributed by atoms with van der Waals surface area (Å²) in [6.07, 6.45) is 0. The Morgan fingerprint density at radius 2 is 1.74 bits per heavy atom. The molecule has 0 unspecified atom stereocenters. The van der Waals surface area contributed by atoms with Gasteiger partial charge in [0, 0.05) is 44.5 Å². The minimum absolute atomic E-state index is 0.136. The number of fused-ring (bicyclic) bond motifs is 1. The van der Waals surface area contributed by atoms with Gasteiger partial charge in [0.05, 0.1) is 5.41 Å². The van der Waals surface area contributed by atoms with Gasteiger partial charge in [-0.2, -0.15) is 0 Å². The predicted octanol–water partition coefficient (Wildman–Crippen LogP) is 1.72. The van der Waals surface area contributed by atoms with Gasteiger partial charge in [-0.15, -0.1) is 0 Å². The zero-order valence-corrected chi connectivity index (χ0v) is 14.4. The van der Waals surface area contributed by atoms with Crippen molar-refractivity contribution in [2.24, 2.45) is 0 Å². The van der Waals surface area contributed by atoms with Crippen molar-refractivity contribution in [3.63, 3.8) is 0 Å². The summed E-state index contributed by atoms with van der Waals surface area (Å²) in [6.45, 7) is 11.1. The number of likely N-dealkylation sites (N-methyl/N-ethyl adjacent to an activating group) is 2. The number of amides is 2. The van der Waals surface area contributed by atoms with E-state index in [0.29, 0.717) is 5.56 Å². The highest BCUT2D eigenvalue weighted by Gasteiger charge is 2.43. The van der Waals surface area contributed by atoms with Crippen LogP contribution in [0.25, 0.3) is 0 Å². The molecule has 0 N–H and O–H groups in total. The summed E-state index contributed by atoms with van der Waals surface area (Å²) >= 11 is 0. The van der Waals surface area contributed by atoms with Crippen LogP contribution in [0.4, 0.5) is 5.69 Å². The Kier molecular flexibility index (Phi) is 3.92. The van der Waals surface area contributed by atoms with E-state index in [1.807, 2.05) is 32.0 Å². The maximum absolute atomic E-state index is 12.5. The number of benzene rings is 1. The minimum Gasteiger partial charge on any atom is -0.369 e. The van der Waals surface area contributed by atoms with Crippen LogP contribution in [-0.2, 0) is 10.2 Å². The summed E-state index contributed by atoms with van der Waals surface area (Å²) in [6, 6.07) is 5.93. The van der Waals surface area contributed by atoms with Crippen LogP contribution >= 0.6 is 0 Å². The molecular formula is C18H25N3O2. The number of hydrogen-bond donors (Lipinski definition) is 0. The third-order valence-electron chi connectivity index (χ3n) is 5.24. The first-order valence-corrected chi connectivity index (χ1v) is 8.30. The highest BCUT2D eigenvalue weighted by molar-refractivity contribution is 6.12. The lowest BCUT2D eigenvalue weighted by molar-refractivity contribution is -0.133. The van der Waals surface area contributed by atoms with Gasteiger partial charge in [-0.1, -0.05) is 6.92 Å². The van der Waals surface area contributed by atoms with Gasteiger partial charge in [0.2, 0.25) is 5.91 Å². The van der Waals surface area contributed by atoms with Gasteiger partial charge in [0.25, 0.3) is 5.91 Å². The van der Waals surface area contributed by atoms with Crippen molar-refractivity contribution in [3.05, 3.63) is 29.3 Å². The molecule has 1 aromatic rings. The van der Waals surface area contributed by atoms with Crippen molar-refractivity contribution < 1.29 is 9.59 Å². The maximum atomic E-state index is 12.5. The second-order valence-electron chi connectivity index (χ2n) is 6.95. The van der Waals surface area contributed by atoms with Crippen molar-refractivity contribution in [1.29, 1.82) is 0 Å². The molecule has 124 valence electrons. The summed E-state index contributed by atoms with van der Waals surface area (Å²) < 4.78 is 0. The fourth-order valence-corrected chi connectivity index (χ4v) is 3.56. The van der Waals surface area contributed by atoms with Crippen LogP contribution in [0.15, 0.2) is 18.2 Å². The number of imide groups is 1. The van der Waals surface area contributed by atoms with E-state index >= 15 is 0 Å². The lowest BCUT2D eigenvalue weighted by Gasteiger charge is -2.38. The molecule has 2 heterocycles. The highest BCUT2D eigenvalue weighted by Crippen LogP contribution is 2.36. The van der Waals surface area contributed by atoms with Crippen LogP contribution in [0, 0.1) is 0 Å². The van der Waals surface area contributed by atoms with Gasteiger partial charge in [-0.3, -0.25) is 14.5 Å². The van der Waals surface area contributed by atoms with Crippen LogP contribution in [0.2, 0.25) is 0 Å². The molecule has 1 aromatic carbocycles. The lowest BCUT2D eigenvalue weighted by atomic mass is 9.77. The molecule has 2 amide bonds. The first-order chi connectivity index (χ1) is 10.9. The monoisotopic (exact) mass is 315 g/mol. The summed E-state index contributed by atoms with van der Waals surface area (Å²) in [7, 11) is 1.56. The molecule has 1 saturated heterocycles. The second-order valence-corrected chi connectivity index (χ2v) is 6.95. The van der Waals surface area contributed by atoms with Crippen LogP contribution in [0.3, 0.4) is 0 Å². The molecule has 0 aliphatic carbocycles. The van der Waals surface area contributed by atoms with E-state index in [1.54, 1.807) is 7.05 Å². The maximum Gasteiger partial charge on any atom is 0.260 e. The van der Waals surface area contributed by atoms with E-state index in [4.69, 9.17) is 0 Å². The first-order valence-electron chi connectivity index (χ1n) is 8.30. The van der Waals surface area contributed by atoms with Crippen molar-refractivity contribution in [3.8, 4) is 0 Å². The standard InChI is InChI=1S/C18H25N3O2/c1-5-20-8-10-21(11-9-20)13-6-7-14-15(12-13)18(2,3)17(23)19(4)16(14)22/h6-7,12H,5,8-11H2,1-4H3. The van der Waals surface area contributed by atoms with E-state index < -0.39 is 5.41 Å². The van der Waals surface area contributed by atoms with Gasteiger partial charge in [0.15, 0.2) is 0 Å². The average Bonchev–Trinajstić information content (AvgIpc) is 2.58. The molecule has 0 saturated carbocycles. The quantitative estimate of drug-likeness (QED) is 0.780. The number of hydrogen-bond acceptors (Lipinski definition) is 4. The lowest BCUT2D eigenvalue weighted by Crippen LogP contribution is -2.50. The SMILES string of the molecule is CCN1CCN(c2ccc3c(c2)C(C)(C)C(=O)N(C)C3=O)CC1. The van der Waals surface area contributed by atoms with Crippen molar-refractivity contribution in [2.45, 2.75) is 26.2 Å². The molecule has 0 atom stereocenters. The van der Waals surface area contributed by atoms with Gasteiger partial charge in [-0.25, -0.2) is 0 Å². The van der Waals surface area contributed by atoms with E-state index in [2.05, 4.69) is 16.7 Å². The van der Waals surface area contributed by atoms with Crippen LogP contribution in [0.5, 0.6) is 0 Å². The molecule has 5 nitrogen and oxygen atoms in total. The minimum atomic E-state index is -0.667. The van der Waals surface area contributed by atoms with Crippen LogP contribution < -0.4 is 4.90 Å². The molecule has 1 fully saturated rings. The zero-order chi connectivity index (χ0) is 16.8. The third kappa shape index (κ3) is 2.53. The van der Waals surface area contributed by atoms with Gasteiger partial charge >= 0.3 is 0 Å². The summed E-state index contributed by atoms with van der Waals surface area (Å²) in [5, 5.41) is 0. The van der Waals surface area contributed by atoms with Crippen LogP contribution in [0.1, 0.15) is 36.7 Å². The zero-order valence-electron chi connectivity index (χ0n) is 14.4. The molecular weight excluding hydrogens is 290 g/mol. The molecule has 2 aliphatic rings. The van der Waals surface area contributed by atoms with E-state index in [1.165, 1.54) is 4.90 Å². The number of carbonyl (C=O) groups excluding carboxylic acids is 2. The normalized spacial score (nSPS) is 21.6. The molecule has 0 radical (unpaired) electrons. The van der Waals surface area contributed by atoms with Crippen LogP contribution in [-0.4, -0.2) is 61.4 Å². The number of nitrogens with zero attached hydrogens (tertiary/aromatic N) is 3. The smallest absolute Gasteiger partial charge is 0.260 e. The number of rotatable bonds is 2. The number of piperazine rings is 1. The van der Waals surface area contributed by atoms with Crippen molar-refractivity contribution >= 4 is 17.5 Å². The number of carbonyl (C=O) groups is 2. The van der Waals surface area contributed by atoms with E-state index in [9.17, 15) is 9.59 Å². The Morgan fingerprint density at radius 1 is 1.09 bits per heavy atom. The molecule has 0 aromatic heterocycles. The Labute approximate surface area is 137 Å². The molecule has 5 heteroatoms. The Balaban J connectivity index is 1.95. The van der Waals surface area contributed by atoms with E-state index in [-0.39, 0.29) is 11.8 Å². The third-order valence-corrected chi connectivity index (χ3v) is 5.24. The highest BCUT2D eigenvalue weighted by atomic mass is 16.2. The first kappa shape index (κ1) is 16.0. The van der Waals surface area contributed by atoms with E-state index in [0.717, 1.165) is 44.0 Å². The molecule has 3 rings (SSSR count). The molecule has 2 aliphatic heterocycles. The Bertz CT molecular complexity index is 646. The Morgan fingerprint density at radius 3 is 2.35 bits per heavy atom. The predicted molar refractivity (Wildman–Crippen MR) is 90.9 cm³/mol. The molecule has 23 heavy (non-hydrogen) atoms. The van der Waals surface area contributed by atoms with Gasteiger partial charge < -0.3 is 9.80 Å². The molecule has 0 spiro atoms. The summed E-state index contributed by atoms with van der Waals surface area (Å²) in [5.74, 6) is -0.338. The van der Waals surface area contributed by atoms with Gasteiger partial charge in [-0.05, 0) is 44.2 Å².